The number of halogens is 1. The summed E-state index contributed by atoms with van der Waals surface area (Å²) in [6, 6.07) is 17.0. The van der Waals surface area contributed by atoms with Gasteiger partial charge in [-0.3, -0.25) is 4.79 Å². The smallest absolute Gasteiger partial charge is 0.255 e. The molecule has 0 saturated carbocycles. The minimum absolute atomic E-state index is 0.315. The first kappa shape index (κ1) is 18.9. The summed E-state index contributed by atoms with van der Waals surface area (Å²) in [7, 11) is 0. The van der Waals surface area contributed by atoms with Crippen LogP contribution >= 0.6 is 0 Å². The normalized spacial score (nSPS) is 13.8. The Hall–Kier alpha value is -3.45. The Morgan fingerprint density at radius 2 is 1.76 bits per heavy atom. The topological polar surface area (TPSA) is 66.5 Å². The molecule has 0 atom stereocenters. The van der Waals surface area contributed by atoms with E-state index >= 15 is 0 Å². The number of nitrogens with zero attached hydrogens (tertiary/aromatic N) is 2. The van der Waals surface area contributed by atoms with Crippen LogP contribution in [0.25, 0.3) is 0 Å². The van der Waals surface area contributed by atoms with Crippen molar-refractivity contribution in [1.29, 1.82) is 0 Å². The molecular weight excluding hydrogens is 371 g/mol. The van der Waals surface area contributed by atoms with Gasteiger partial charge >= 0.3 is 0 Å². The van der Waals surface area contributed by atoms with Gasteiger partial charge < -0.3 is 20.3 Å². The number of benzene rings is 2. The van der Waals surface area contributed by atoms with Gasteiger partial charge in [0, 0.05) is 18.7 Å². The number of carbonyl (C=O) groups excluding carboxylic acids is 1. The van der Waals surface area contributed by atoms with E-state index in [4.69, 9.17) is 4.74 Å². The monoisotopic (exact) mass is 392 g/mol. The number of aromatic nitrogens is 1. The molecule has 1 aromatic heterocycles. The van der Waals surface area contributed by atoms with Crippen LogP contribution in [0, 0.1) is 5.82 Å². The highest BCUT2D eigenvalue weighted by Gasteiger charge is 2.14. The van der Waals surface area contributed by atoms with E-state index in [1.807, 2.05) is 18.2 Å². The Morgan fingerprint density at radius 1 is 1.00 bits per heavy atom. The van der Waals surface area contributed by atoms with Crippen molar-refractivity contribution in [1.82, 2.24) is 4.98 Å². The van der Waals surface area contributed by atoms with Crippen LogP contribution in [0.1, 0.15) is 10.4 Å². The lowest BCUT2D eigenvalue weighted by molar-refractivity contribution is 0.102. The molecule has 29 heavy (non-hydrogen) atoms. The fourth-order valence-electron chi connectivity index (χ4n) is 3.14. The maximum Gasteiger partial charge on any atom is 0.255 e. The van der Waals surface area contributed by atoms with Crippen molar-refractivity contribution in [3.05, 3.63) is 78.2 Å². The van der Waals surface area contributed by atoms with Crippen molar-refractivity contribution in [2.75, 3.05) is 41.8 Å². The maximum absolute atomic E-state index is 13.0. The van der Waals surface area contributed by atoms with E-state index in [0.29, 0.717) is 17.1 Å². The van der Waals surface area contributed by atoms with Crippen LogP contribution in [0.2, 0.25) is 0 Å². The van der Waals surface area contributed by atoms with Crippen LogP contribution in [0.5, 0.6) is 0 Å². The molecule has 0 bridgehead atoms. The largest absolute Gasteiger partial charge is 0.378 e. The van der Waals surface area contributed by atoms with E-state index in [0.717, 1.165) is 37.7 Å². The Kier molecular flexibility index (Phi) is 5.67. The molecule has 2 aromatic carbocycles. The summed E-state index contributed by atoms with van der Waals surface area (Å²) in [6.07, 6.45) is 1.58. The first-order valence-corrected chi connectivity index (χ1v) is 9.41. The minimum Gasteiger partial charge on any atom is -0.378 e. The molecule has 0 spiro atoms. The molecule has 6 nitrogen and oxygen atoms in total. The number of carbonyl (C=O) groups is 1. The van der Waals surface area contributed by atoms with Gasteiger partial charge in [0.15, 0.2) is 0 Å². The summed E-state index contributed by atoms with van der Waals surface area (Å²) in [4.78, 5) is 18.9. The fourth-order valence-corrected chi connectivity index (χ4v) is 3.14. The summed E-state index contributed by atoms with van der Waals surface area (Å²) in [5.74, 6) is -0.0216. The van der Waals surface area contributed by atoms with E-state index in [1.165, 1.54) is 24.3 Å². The quantitative estimate of drug-likeness (QED) is 0.686. The summed E-state index contributed by atoms with van der Waals surface area (Å²) < 4.78 is 18.4. The SMILES string of the molecule is O=C(Nc1ccc(Nc2ccccc2N2CCOCC2)nc1)c1ccc(F)cc1. The molecule has 7 heteroatoms. The number of amides is 1. The highest BCUT2D eigenvalue weighted by Crippen LogP contribution is 2.29. The second kappa shape index (κ2) is 8.70. The Labute approximate surface area is 168 Å². The molecule has 1 fully saturated rings. The van der Waals surface area contributed by atoms with Gasteiger partial charge in [0.05, 0.1) is 36.5 Å². The average molecular weight is 392 g/mol. The van der Waals surface area contributed by atoms with Crippen molar-refractivity contribution < 1.29 is 13.9 Å². The van der Waals surface area contributed by atoms with Gasteiger partial charge in [0.2, 0.25) is 0 Å². The van der Waals surface area contributed by atoms with E-state index < -0.39 is 0 Å². The van der Waals surface area contributed by atoms with Gasteiger partial charge in [-0.1, -0.05) is 12.1 Å². The standard InChI is InChI=1S/C22H21FN4O2/c23-17-7-5-16(6-8-17)22(28)25-18-9-10-21(24-15-18)26-19-3-1-2-4-20(19)27-11-13-29-14-12-27/h1-10,15H,11-14H2,(H,24,26)(H,25,28). The van der Waals surface area contributed by atoms with Crippen molar-refractivity contribution in [2.45, 2.75) is 0 Å². The molecule has 2 heterocycles. The Bertz CT molecular complexity index is 971. The van der Waals surface area contributed by atoms with Crippen LogP contribution in [0.15, 0.2) is 66.9 Å². The van der Waals surface area contributed by atoms with Gasteiger partial charge in [0.25, 0.3) is 5.91 Å². The summed E-state index contributed by atoms with van der Waals surface area (Å²) in [6.45, 7) is 3.13. The molecule has 148 valence electrons. The van der Waals surface area contributed by atoms with Crippen molar-refractivity contribution in [2.24, 2.45) is 0 Å². The number of rotatable bonds is 5. The molecule has 1 amide bonds. The second-order valence-corrected chi connectivity index (χ2v) is 6.63. The highest BCUT2D eigenvalue weighted by atomic mass is 19.1. The van der Waals surface area contributed by atoms with Gasteiger partial charge in [-0.05, 0) is 48.5 Å². The summed E-state index contributed by atoms with van der Waals surface area (Å²) in [5, 5.41) is 6.10. The first-order chi connectivity index (χ1) is 14.2. The predicted molar refractivity (Wildman–Crippen MR) is 111 cm³/mol. The average Bonchev–Trinajstić information content (AvgIpc) is 2.76. The lowest BCUT2D eigenvalue weighted by Crippen LogP contribution is -2.36. The van der Waals surface area contributed by atoms with Crippen molar-refractivity contribution in [3.8, 4) is 0 Å². The van der Waals surface area contributed by atoms with Gasteiger partial charge in [-0.15, -0.1) is 0 Å². The molecule has 3 aromatic rings. The van der Waals surface area contributed by atoms with Gasteiger partial charge in [0.1, 0.15) is 11.6 Å². The zero-order valence-electron chi connectivity index (χ0n) is 15.8. The van der Waals surface area contributed by atoms with Crippen molar-refractivity contribution in [3.63, 3.8) is 0 Å². The number of para-hydroxylation sites is 2. The zero-order chi connectivity index (χ0) is 20.1. The van der Waals surface area contributed by atoms with Gasteiger partial charge in [-0.2, -0.15) is 0 Å². The molecule has 0 unspecified atom stereocenters. The molecule has 1 aliphatic rings. The molecule has 2 N–H and O–H groups in total. The molecular formula is C22H21FN4O2. The first-order valence-electron chi connectivity index (χ1n) is 9.41. The van der Waals surface area contributed by atoms with E-state index in [-0.39, 0.29) is 11.7 Å². The van der Waals surface area contributed by atoms with Crippen LogP contribution in [-0.2, 0) is 4.74 Å². The van der Waals surface area contributed by atoms with Crippen LogP contribution in [-0.4, -0.2) is 37.2 Å². The fraction of sp³-hybridized carbons (Fsp3) is 0.182. The second-order valence-electron chi connectivity index (χ2n) is 6.63. The number of morpholine rings is 1. The number of hydrogen-bond donors (Lipinski definition) is 2. The molecule has 4 rings (SSSR count). The zero-order valence-corrected chi connectivity index (χ0v) is 15.8. The number of anilines is 4. The summed E-state index contributed by atoms with van der Waals surface area (Å²) >= 11 is 0. The van der Waals surface area contributed by atoms with Crippen LogP contribution in [0.4, 0.5) is 27.3 Å². The molecule has 1 aliphatic heterocycles. The summed E-state index contributed by atoms with van der Waals surface area (Å²) in [5.41, 5.74) is 3.01. The number of hydrogen-bond acceptors (Lipinski definition) is 5. The maximum atomic E-state index is 13.0. The van der Waals surface area contributed by atoms with E-state index in [9.17, 15) is 9.18 Å². The number of pyridine rings is 1. The Morgan fingerprint density at radius 3 is 2.48 bits per heavy atom. The molecule has 0 aliphatic carbocycles. The lowest BCUT2D eigenvalue weighted by Gasteiger charge is -2.30. The third kappa shape index (κ3) is 4.70. The third-order valence-electron chi connectivity index (χ3n) is 4.65. The highest BCUT2D eigenvalue weighted by molar-refractivity contribution is 6.04. The Balaban J connectivity index is 1.43. The van der Waals surface area contributed by atoms with E-state index in [1.54, 1.807) is 18.3 Å². The van der Waals surface area contributed by atoms with Crippen LogP contribution < -0.4 is 15.5 Å². The third-order valence-corrected chi connectivity index (χ3v) is 4.65. The van der Waals surface area contributed by atoms with Crippen LogP contribution in [0.3, 0.4) is 0 Å². The number of ether oxygens (including phenoxy) is 1. The molecule has 1 saturated heterocycles. The number of nitrogens with one attached hydrogen (secondary N) is 2. The predicted octanol–water partition coefficient (Wildman–Crippen LogP) is 4.05. The van der Waals surface area contributed by atoms with Gasteiger partial charge in [-0.25, -0.2) is 9.37 Å². The van der Waals surface area contributed by atoms with Crippen molar-refractivity contribution >= 4 is 28.8 Å². The van der Waals surface area contributed by atoms with E-state index in [2.05, 4.69) is 26.6 Å². The lowest BCUT2D eigenvalue weighted by atomic mass is 10.2. The minimum atomic E-state index is -0.379. The molecule has 0 radical (unpaired) electrons.